The van der Waals surface area contributed by atoms with Crippen molar-refractivity contribution >= 4 is 0 Å². The molecule has 1 atom stereocenters. The number of rotatable bonds is 5. The summed E-state index contributed by atoms with van der Waals surface area (Å²) in [5.41, 5.74) is 11.5. The predicted molar refractivity (Wildman–Crippen MR) is 89.2 cm³/mol. The summed E-state index contributed by atoms with van der Waals surface area (Å²) in [6.07, 6.45) is 11.2. The zero-order valence-corrected chi connectivity index (χ0v) is 12.8. The van der Waals surface area contributed by atoms with Gasteiger partial charge in [0.25, 0.3) is 0 Å². The molecule has 3 N–H and O–H groups in total. The molecule has 2 nitrogen and oxygen atoms in total. The van der Waals surface area contributed by atoms with Crippen molar-refractivity contribution in [1.29, 1.82) is 0 Å². The van der Waals surface area contributed by atoms with Crippen LogP contribution in [-0.4, -0.2) is 5.11 Å². The number of phenolic OH excluding ortho intramolecular Hbond substituents is 1. The minimum atomic E-state index is -0.0703. The van der Waals surface area contributed by atoms with Gasteiger partial charge < -0.3 is 10.8 Å². The molecule has 1 aliphatic rings. The molecule has 1 aromatic rings. The van der Waals surface area contributed by atoms with Crippen LogP contribution in [0.1, 0.15) is 49.8 Å². The van der Waals surface area contributed by atoms with Gasteiger partial charge in [-0.05, 0) is 60.1 Å². The van der Waals surface area contributed by atoms with Crippen molar-refractivity contribution in [3.05, 3.63) is 65.3 Å². The van der Waals surface area contributed by atoms with Crippen molar-refractivity contribution in [2.75, 3.05) is 0 Å². The van der Waals surface area contributed by atoms with Crippen LogP contribution in [0, 0.1) is 0 Å². The minimum absolute atomic E-state index is 0.0703. The Kier molecular flexibility index (Phi) is 5.40. The Morgan fingerprint density at radius 2 is 2.19 bits per heavy atom. The van der Waals surface area contributed by atoms with E-state index in [0.29, 0.717) is 5.75 Å². The predicted octanol–water partition coefficient (Wildman–Crippen LogP) is 4.57. The van der Waals surface area contributed by atoms with Gasteiger partial charge in [-0.2, -0.15) is 0 Å². The zero-order chi connectivity index (χ0) is 15.2. The quantitative estimate of drug-likeness (QED) is 0.778. The third-order valence-corrected chi connectivity index (χ3v) is 4.15. The summed E-state index contributed by atoms with van der Waals surface area (Å²) in [7, 11) is 0. The Morgan fingerprint density at radius 1 is 1.38 bits per heavy atom. The Labute approximate surface area is 127 Å². The summed E-state index contributed by atoms with van der Waals surface area (Å²) in [6, 6.07) is 5.49. The fourth-order valence-electron chi connectivity index (χ4n) is 2.99. The zero-order valence-electron chi connectivity index (χ0n) is 12.8. The number of aromatic hydroxyl groups is 1. The molecule has 0 amide bonds. The maximum absolute atomic E-state index is 9.70. The topological polar surface area (TPSA) is 46.2 Å². The maximum Gasteiger partial charge on any atom is 0.115 e. The number of fused-ring (bicyclic) bond motifs is 1. The molecule has 0 heterocycles. The molecular weight excluding hydrogens is 258 g/mol. The van der Waals surface area contributed by atoms with Gasteiger partial charge in [0.1, 0.15) is 5.75 Å². The molecule has 1 unspecified atom stereocenters. The molecule has 0 bridgehead atoms. The van der Waals surface area contributed by atoms with Gasteiger partial charge in [0, 0.05) is 0 Å². The Hall–Kier alpha value is -1.80. The monoisotopic (exact) mass is 283 g/mol. The molecule has 1 aromatic carbocycles. The van der Waals surface area contributed by atoms with E-state index in [2.05, 4.69) is 19.6 Å². The van der Waals surface area contributed by atoms with Crippen LogP contribution in [0.4, 0.5) is 0 Å². The second-order valence-corrected chi connectivity index (χ2v) is 5.61. The molecule has 0 radical (unpaired) electrons. The third-order valence-electron chi connectivity index (χ3n) is 4.15. The third kappa shape index (κ3) is 3.64. The maximum atomic E-state index is 9.70. The molecule has 0 saturated carbocycles. The standard InChI is InChI=1S/C19H25NO/c1-3-5-7-14-9-10-15-13-16(21)11-12-18(15)19(20)17(14)8-6-4-2/h3,5,7,11-13,19,21H,1,4,6,8-10,20H2,2H3/b7-5-. The van der Waals surface area contributed by atoms with E-state index in [1.54, 1.807) is 12.1 Å². The fraction of sp³-hybridized carbons (Fsp3) is 0.368. The van der Waals surface area contributed by atoms with Crippen molar-refractivity contribution in [3.63, 3.8) is 0 Å². The molecule has 2 heteroatoms. The highest BCUT2D eigenvalue weighted by atomic mass is 16.3. The van der Waals surface area contributed by atoms with E-state index < -0.39 is 0 Å². The summed E-state index contributed by atoms with van der Waals surface area (Å²) in [6.45, 7) is 5.95. The van der Waals surface area contributed by atoms with Crippen molar-refractivity contribution in [3.8, 4) is 5.75 Å². The van der Waals surface area contributed by atoms with E-state index in [-0.39, 0.29) is 6.04 Å². The molecule has 112 valence electrons. The number of hydrogen-bond acceptors (Lipinski definition) is 2. The number of nitrogens with two attached hydrogens (primary N) is 1. The Balaban J connectivity index is 2.42. The fourth-order valence-corrected chi connectivity index (χ4v) is 2.99. The Bertz CT molecular complexity index is 569. The van der Waals surface area contributed by atoms with E-state index in [0.717, 1.165) is 37.7 Å². The smallest absolute Gasteiger partial charge is 0.115 e. The number of hydrogen-bond donors (Lipinski definition) is 2. The number of allylic oxidation sites excluding steroid dienone is 4. The molecule has 0 aromatic heterocycles. The van der Waals surface area contributed by atoms with E-state index in [1.165, 1.54) is 16.7 Å². The molecule has 0 aliphatic heterocycles. The van der Waals surface area contributed by atoms with Crippen molar-refractivity contribution in [1.82, 2.24) is 0 Å². The minimum Gasteiger partial charge on any atom is -0.508 e. The van der Waals surface area contributed by atoms with Gasteiger partial charge in [-0.1, -0.05) is 44.2 Å². The Morgan fingerprint density at radius 3 is 2.90 bits per heavy atom. The second-order valence-electron chi connectivity index (χ2n) is 5.61. The molecule has 0 saturated heterocycles. The normalized spacial score (nSPS) is 18.7. The van der Waals surface area contributed by atoms with Gasteiger partial charge in [0.2, 0.25) is 0 Å². The summed E-state index contributed by atoms with van der Waals surface area (Å²) in [4.78, 5) is 0. The van der Waals surface area contributed by atoms with Crippen LogP contribution < -0.4 is 5.73 Å². The second kappa shape index (κ2) is 7.28. The van der Waals surface area contributed by atoms with Gasteiger partial charge in [0.15, 0.2) is 0 Å². The van der Waals surface area contributed by atoms with Crippen LogP contribution in [0.3, 0.4) is 0 Å². The summed E-state index contributed by atoms with van der Waals surface area (Å²) >= 11 is 0. The number of phenols is 1. The average Bonchev–Trinajstić information content (AvgIpc) is 2.60. The number of benzene rings is 1. The van der Waals surface area contributed by atoms with Gasteiger partial charge >= 0.3 is 0 Å². The van der Waals surface area contributed by atoms with Crippen molar-refractivity contribution in [2.24, 2.45) is 5.73 Å². The largest absolute Gasteiger partial charge is 0.508 e. The molecule has 2 rings (SSSR count). The summed E-state index contributed by atoms with van der Waals surface area (Å²) < 4.78 is 0. The number of unbranched alkanes of at least 4 members (excludes halogenated alkanes) is 1. The first kappa shape index (κ1) is 15.6. The van der Waals surface area contributed by atoms with Gasteiger partial charge in [0.05, 0.1) is 6.04 Å². The molecule has 1 aliphatic carbocycles. The molecule has 0 fully saturated rings. The van der Waals surface area contributed by atoms with Crippen LogP contribution in [0.5, 0.6) is 5.75 Å². The molecular formula is C19H25NO. The van der Waals surface area contributed by atoms with E-state index in [9.17, 15) is 5.11 Å². The lowest BCUT2D eigenvalue weighted by Gasteiger charge is -2.19. The lowest BCUT2D eigenvalue weighted by molar-refractivity contribution is 0.474. The lowest BCUT2D eigenvalue weighted by atomic mass is 9.91. The summed E-state index contributed by atoms with van der Waals surface area (Å²) in [5, 5.41) is 9.70. The highest BCUT2D eigenvalue weighted by molar-refractivity contribution is 5.45. The van der Waals surface area contributed by atoms with Gasteiger partial charge in [-0.15, -0.1) is 0 Å². The first-order valence-electron chi connectivity index (χ1n) is 7.75. The lowest BCUT2D eigenvalue weighted by Crippen LogP contribution is -2.15. The average molecular weight is 283 g/mol. The summed E-state index contributed by atoms with van der Waals surface area (Å²) in [5.74, 6) is 0.321. The van der Waals surface area contributed by atoms with Crippen LogP contribution in [0.15, 0.2) is 54.2 Å². The highest BCUT2D eigenvalue weighted by Crippen LogP contribution is 2.36. The number of aryl methyl sites for hydroxylation is 1. The first-order chi connectivity index (χ1) is 10.2. The van der Waals surface area contributed by atoms with E-state index in [1.807, 2.05) is 18.2 Å². The van der Waals surface area contributed by atoms with Crippen molar-refractivity contribution in [2.45, 2.75) is 45.1 Å². The van der Waals surface area contributed by atoms with Crippen LogP contribution in [0.25, 0.3) is 0 Å². The van der Waals surface area contributed by atoms with Crippen LogP contribution in [0.2, 0.25) is 0 Å². The van der Waals surface area contributed by atoms with E-state index >= 15 is 0 Å². The first-order valence-corrected chi connectivity index (χ1v) is 7.75. The SMILES string of the molecule is C=C/C=C\C1=C(CCCC)C(N)c2ccc(O)cc2CC1. The van der Waals surface area contributed by atoms with Gasteiger partial charge in [-0.25, -0.2) is 0 Å². The molecule has 0 spiro atoms. The molecule has 21 heavy (non-hydrogen) atoms. The van der Waals surface area contributed by atoms with Gasteiger partial charge in [-0.3, -0.25) is 0 Å². The van der Waals surface area contributed by atoms with E-state index in [4.69, 9.17) is 5.73 Å². The highest BCUT2D eigenvalue weighted by Gasteiger charge is 2.21. The van der Waals surface area contributed by atoms with Crippen LogP contribution >= 0.6 is 0 Å². The van der Waals surface area contributed by atoms with Crippen molar-refractivity contribution < 1.29 is 5.11 Å². The van der Waals surface area contributed by atoms with Crippen LogP contribution in [-0.2, 0) is 6.42 Å².